The van der Waals surface area contributed by atoms with Crippen LogP contribution in [0.1, 0.15) is 96.8 Å². The number of esters is 1. The van der Waals surface area contributed by atoms with Crippen molar-refractivity contribution in [3.05, 3.63) is 12.2 Å². The topological polar surface area (TPSA) is 66.8 Å². The Hall–Kier alpha value is -0.247. The molecule has 0 amide bonds. The van der Waals surface area contributed by atoms with Gasteiger partial charge in [0.25, 0.3) is 0 Å². The zero-order valence-electron chi connectivity index (χ0n) is 17.0. The SMILES string of the molecule is CCCCCC[C@@H](O)C/C=C\CCCCCCCC(=O)OCCCO.[Zn]. The van der Waals surface area contributed by atoms with Gasteiger partial charge < -0.3 is 14.9 Å². The van der Waals surface area contributed by atoms with Crippen molar-refractivity contribution in [3.8, 4) is 0 Å². The number of aliphatic hydroxyl groups excluding tert-OH is 2. The van der Waals surface area contributed by atoms with E-state index in [9.17, 15) is 9.90 Å². The predicted molar refractivity (Wildman–Crippen MR) is 104 cm³/mol. The largest absolute Gasteiger partial charge is 0.466 e. The van der Waals surface area contributed by atoms with Crippen molar-refractivity contribution in [2.75, 3.05) is 13.2 Å². The fraction of sp³-hybridized carbons (Fsp3) is 0.857. The van der Waals surface area contributed by atoms with E-state index in [0.29, 0.717) is 19.4 Å². The third-order valence-electron chi connectivity index (χ3n) is 4.28. The van der Waals surface area contributed by atoms with Crippen molar-refractivity contribution >= 4 is 5.97 Å². The third kappa shape index (κ3) is 21.8. The Morgan fingerprint density at radius 3 is 2.38 bits per heavy atom. The fourth-order valence-electron chi connectivity index (χ4n) is 2.68. The van der Waals surface area contributed by atoms with Crippen LogP contribution in [0.15, 0.2) is 12.2 Å². The standard InChI is InChI=1S/C21H40O4.Zn/c1-2-3-4-11-15-20(23)16-12-9-7-5-6-8-10-13-17-21(24)25-19-14-18-22;/h9,12,20,22-23H,2-8,10-11,13-19H2,1H3;/b12-9-;/t20-;/m1./s1. The number of hydrogen-bond donors (Lipinski definition) is 2. The maximum atomic E-state index is 11.3. The van der Waals surface area contributed by atoms with Gasteiger partial charge in [0.2, 0.25) is 0 Å². The average molecular weight is 422 g/mol. The van der Waals surface area contributed by atoms with Gasteiger partial charge in [0.1, 0.15) is 0 Å². The van der Waals surface area contributed by atoms with E-state index in [-0.39, 0.29) is 38.2 Å². The Balaban J connectivity index is 0. The second-order valence-corrected chi connectivity index (χ2v) is 6.81. The molecule has 0 rings (SSSR count). The van der Waals surface area contributed by atoms with Gasteiger partial charge in [-0.25, -0.2) is 0 Å². The van der Waals surface area contributed by atoms with Crippen LogP contribution in [0.4, 0.5) is 0 Å². The van der Waals surface area contributed by atoms with Crippen LogP contribution < -0.4 is 0 Å². The molecule has 1 atom stereocenters. The molecule has 0 unspecified atom stereocenters. The van der Waals surface area contributed by atoms with Crippen molar-refractivity contribution in [1.82, 2.24) is 0 Å². The van der Waals surface area contributed by atoms with Gasteiger partial charge in [0, 0.05) is 38.9 Å². The Morgan fingerprint density at radius 1 is 0.962 bits per heavy atom. The van der Waals surface area contributed by atoms with Gasteiger partial charge in [-0.2, -0.15) is 0 Å². The van der Waals surface area contributed by atoms with Gasteiger partial charge in [-0.1, -0.05) is 64.0 Å². The minimum Gasteiger partial charge on any atom is -0.466 e. The van der Waals surface area contributed by atoms with Gasteiger partial charge in [-0.3, -0.25) is 4.79 Å². The molecule has 0 aliphatic rings. The molecule has 0 aromatic carbocycles. The van der Waals surface area contributed by atoms with Gasteiger partial charge in [-0.15, -0.1) is 0 Å². The predicted octanol–water partition coefficient (Wildman–Crippen LogP) is 4.92. The summed E-state index contributed by atoms with van der Waals surface area (Å²) in [5.74, 6) is -0.148. The molecule has 0 aromatic rings. The van der Waals surface area contributed by atoms with Crippen molar-refractivity contribution in [2.45, 2.75) is 103 Å². The molecule has 0 fully saturated rings. The van der Waals surface area contributed by atoms with Gasteiger partial charge >= 0.3 is 5.97 Å². The molecule has 0 aromatic heterocycles. The summed E-state index contributed by atoms with van der Waals surface area (Å²) in [4.78, 5) is 11.3. The van der Waals surface area contributed by atoms with Crippen LogP contribution in [0.2, 0.25) is 0 Å². The number of carbonyl (C=O) groups is 1. The zero-order valence-corrected chi connectivity index (χ0v) is 19.9. The van der Waals surface area contributed by atoms with Crippen LogP contribution in [-0.4, -0.2) is 35.5 Å². The van der Waals surface area contributed by atoms with Gasteiger partial charge in [0.15, 0.2) is 0 Å². The number of ether oxygens (including phenoxy) is 1. The molecule has 2 N–H and O–H groups in total. The summed E-state index contributed by atoms with van der Waals surface area (Å²) in [6.07, 6.45) is 18.3. The molecule has 0 aliphatic carbocycles. The Morgan fingerprint density at radius 2 is 1.65 bits per heavy atom. The summed E-state index contributed by atoms with van der Waals surface area (Å²) in [6.45, 7) is 2.60. The number of carbonyl (C=O) groups excluding carboxylic acids is 1. The molecule has 0 heterocycles. The number of hydrogen-bond acceptors (Lipinski definition) is 4. The number of unbranched alkanes of at least 4 members (excludes halogenated alkanes) is 8. The first-order valence-electron chi connectivity index (χ1n) is 10.3. The van der Waals surface area contributed by atoms with Crippen LogP contribution in [0.3, 0.4) is 0 Å². The van der Waals surface area contributed by atoms with E-state index in [0.717, 1.165) is 44.9 Å². The molecule has 0 aliphatic heterocycles. The van der Waals surface area contributed by atoms with Crippen molar-refractivity contribution in [1.29, 1.82) is 0 Å². The molecule has 0 saturated carbocycles. The maximum Gasteiger partial charge on any atom is 0.305 e. The van der Waals surface area contributed by atoms with E-state index in [1.807, 2.05) is 0 Å². The summed E-state index contributed by atoms with van der Waals surface area (Å²) < 4.78 is 4.98. The van der Waals surface area contributed by atoms with E-state index < -0.39 is 0 Å². The van der Waals surface area contributed by atoms with E-state index in [1.54, 1.807) is 0 Å². The second kappa shape index (κ2) is 22.8. The Bertz CT molecular complexity index is 321. The van der Waals surface area contributed by atoms with Crippen LogP contribution in [0.25, 0.3) is 0 Å². The van der Waals surface area contributed by atoms with E-state index in [4.69, 9.17) is 9.84 Å². The van der Waals surface area contributed by atoms with Gasteiger partial charge in [-0.05, 0) is 32.1 Å². The minimum atomic E-state index is -0.176. The molecule has 4 nitrogen and oxygen atoms in total. The van der Waals surface area contributed by atoms with E-state index in [2.05, 4.69) is 19.1 Å². The van der Waals surface area contributed by atoms with Crippen molar-refractivity contribution in [2.24, 2.45) is 0 Å². The smallest absolute Gasteiger partial charge is 0.305 e. The van der Waals surface area contributed by atoms with Crippen LogP contribution >= 0.6 is 0 Å². The van der Waals surface area contributed by atoms with Crippen molar-refractivity contribution < 1.29 is 39.2 Å². The first-order chi connectivity index (χ1) is 12.2. The summed E-state index contributed by atoms with van der Waals surface area (Å²) >= 11 is 0. The summed E-state index contributed by atoms with van der Waals surface area (Å²) in [6, 6.07) is 0. The first kappa shape index (κ1) is 28.0. The quantitative estimate of drug-likeness (QED) is 0.143. The average Bonchev–Trinajstić information content (AvgIpc) is 2.60. The molecule has 0 saturated heterocycles. The van der Waals surface area contributed by atoms with Crippen molar-refractivity contribution in [3.63, 3.8) is 0 Å². The fourth-order valence-corrected chi connectivity index (χ4v) is 2.68. The monoisotopic (exact) mass is 420 g/mol. The zero-order chi connectivity index (χ0) is 18.6. The van der Waals surface area contributed by atoms with Crippen LogP contribution in [0.5, 0.6) is 0 Å². The minimum absolute atomic E-state index is 0. The second-order valence-electron chi connectivity index (χ2n) is 6.81. The van der Waals surface area contributed by atoms with E-state index >= 15 is 0 Å². The van der Waals surface area contributed by atoms with Crippen LogP contribution in [-0.2, 0) is 29.0 Å². The molecular formula is C21H40O4Zn. The molecule has 26 heavy (non-hydrogen) atoms. The first-order valence-corrected chi connectivity index (χ1v) is 10.3. The summed E-state index contributed by atoms with van der Waals surface area (Å²) in [5.41, 5.74) is 0. The molecule has 5 heteroatoms. The number of aliphatic hydroxyl groups is 2. The molecule has 0 bridgehead atoms. The molecule has 0 spiro atoms. The summed E-state index contributed by atoms with van der Waals surface area (Å²) in [5, 5.41) is 18.5. The molecular weight excluding hydrogens is 382 g/mol. The maximum absolute atomic E-state index is 11.3. The normalized spacial score (nSPS) is 12.1. The Kier molecular flexibility index (Phi) is 24.5. The van der Waals surface area contributed by atoms with Gasteiger partial charge in [0.05, 0.1) is 12.7 Å². The molecule has 0 radical (unpaired) electrons. The van der Waals surface area contributed by atoms with E-state index in [1.165, 1.54) is 32.1 Å². The third-order valence-corrected chi connectivity index (χ3v) is 4.28. The Labute approximate surface area is 173 Å². The summed E-state index contributed by atoms with van der Waals surface area (Å²) in [7, 11) is 0. The van der Waals surface area contributed by atoms with Crippen LogP contribution in [0, 0.1) is 0 Å². The number of rotatable bonds is 18. The molecule has 150 valence electrons. The number of allylic oxidation sites excluding steroid dienone is 1.